The number of sulfone groups is 1. The summed E-state index contributed by atoms with van der Waals surface area (Å²) in [6.07, 6.45) is 3.46. The highest BCUT2D eigenvalue weighted by molar-refractivity contribution is 7.91. The quantitative estimate of drug-likeness (QED) is 0.889. The predicted octanol–water partition coefficient (Wildman–Crippen LogP) is 1.65. The Balaban J connectivity index is 1.76. The van der Waals surface area contributed by atoms with Crippen molar-refractivity contribution in [2.24, 2.45) is 0 Å². The van der Waals surface area contributed by atoms with E-state index in [1.54, 1.807) is 27.1 Å². The Kier molecular flexibility index (Phi) is 4.91. The van der Waals surface area contributed by atoms with Crippen LogP contribution in [0.15, 0.2) is 29.2 Å². The Hall–Kier alpha value is -1.87. The molecule has 3 rings (SSSR count). The fraction of sp³-hybridized carbons (Fsp3) is 0.467. The Morgan fingerprint density at radius 3 is 3.00 bits per heavy atom. The normalized spacial score (nSPS) is 20.0. The molecule has 2 aromatic rings. The Bertz CT molecular complexity index is 799. The maximum Gasteiger partial charge on any atom is 0.318 e. The van der Waals surface area contributed by atoms with E-state index in [9.17, 15) is 13.2 Å². The van der Waals surface area contributed by atoms with Crippen molar-refractivity contribution in [3.8, 4) is 0 Å². The zero-order valence-corrected chi connectivity index (χ0v) is 15.0. The van der Waals surface area contributed by atoms with Crippen molar-refractivity contribution in [2.45, 2.75) is 26.1 Å². The molecule has 0 aromatic carbocycles. The van der Waals surface area contributed by atoms with Crippen LogP contribution in [-0.2, 0) is 22.9 Å². The number of thiophene rings is 1. The summed E-state index contributed by atoms with van der Waals surface area (Å²) < 4.78 is 25.8. The molecule has 1 saturated heterocycles. The third-order valence-electron chi connectivity index (χ3n) is 4.08. The van der Waals surface area contributed by atoms with Gasteiger partial charge in [0.1, 0.15) is 0 Å². The molecule has 24 heavy (non-hydrogen) atoms. The molecular weight excluding hydrogens is 348 g/mol. The lowest BCUT2D eigenvalue weighted by atomic mass is 10.1. The van der Waals surface area contributed by atoms with Gasteiger partial charge in [0.2, 0.25) is 0 Å². The van der Waals surface area contributed by atoms with Gasteiger partial charge in [0, 0.05) is 31.4 Å². The first kappa shape index (κ1) is 17.0. The fourth-order valence-corrected chi connectivity index (χ4v) is 4.89. The minimum absolute atomic E-state index is 0.00269. The van der Waals surface area contributed by atoms with Gasteiger partial charge in [-0.3, -0.25) is 4.68 Å². The second-order valence-electron chi connectivity index (χ2n) is 5.74. The fourth-order valence-electron chi connectivity index (χ4n) is 2.72. The number of rotatable bonds is 4. The molecule has 130 valence electrons. The molecule has 7 nitrogen and oxygen atoms in total. The first-order valence-corrected chi connectivity index (χ1v) is 10.5. The first-order chi connectivity index (χ1) is 11.5. The molecule has 0 aliphatic carbocycles. The van der Waals surface area contributed by atoms with Crippen LogP contribution in [0.1, 0.15) is 24.1 Å². The number of amides is 2. The predicted molar refractivity (Wildman–Crippen MR) is 92.6 cm³/mol. The van der Waals surface area contributed by atoms with Crippen LogP contribution in [0.4, 0.5) is 4.79 Å². The van der Waals surface area contributed by atoms with Crippen LogP contribution in [0.2, 0.25) is 0 Å². The van der Waals surface area contributed by atoms with E-state index in [1.165, 1.54) is 0 Å². The summed E-state index contributed by atoms with van der Waals surface area (Å²) in [5.74, 6) is -0.0639. The number of nitrogens with one attached hydrogen (secondary N) is 1. The highest BCUT2D eigenvalue weighted by Crippen LogP contribution is 2.26. The lowest BCUT2D eigenvalue weighted by Gasteiger charge is -2.34. The smallest absolute Gasteiger partial charge is 0.318 e. The summed E-state index contributed by atoms with van der Waals surface area (Å²) >= 11 is 1.57. The Labute approximate surface area is 145 Å². The molecule has 1 N–H and O–H groups in total. The van der Waals surface area contributed by atoms with Crippen LogP contribution in [0.25, 0.3) is 0 Å². The summed E-state index contributed by atoms with van der Waals surface area (Å²) in [4.78, 5) is 14.2. The molecule has 3 heterocycles. The summed E-state index contributed by atoms with van der Waals surface area (Å²) in [6.45, 7) is 3.29. The standard InChI is InChI=1S/C15H20N4O3S2/c1-2-18-9-13(8-17-18)14-11-24(21,22)6-4-19(14)15(20)16-7-12-3-5-23-10-12/h3,5,8-10,14H,2,4,6-7,11H2,1H3,(H,16,20). The van der Waals surface area contributed by atoms with Crippen molar-refractivity contribution < 1.29 is 13.2 Å². The van der Waals surface area contributed by atoms with E-state index in [4.69, 9.17) is 0 Å². The van der Waals surface area contributed by atoms with Gasteiger partial charge in [0.15, 0.2) is 9.84 Å². The molecule has 0 spiro atoms. The molecule has 1 fully saturated rings. The SMILES string of the molecule is CCn1cc(C2CS(=O)(=O)CCN2C(=O)NCc2ccsc2)cn1. The first-order valence-electron chi connectivity index (χ1n) is 7.77. The average Bonchev–Trinajstić information content (AvgIpc) is 3.23. The van der Waals surface area contributed by atoms with Crippen molar-refractivity contribution in [3.05, 3.63) is 40.3 Å². The van der Waals surface area contributed by atoms with Crippen LogP contribution in [0, 0.1) is 0 Å². The third-order valence-corrected chi connectivity index (χ3v) is 6.44. The second kappa shape index (κ2) is 6.94. The summed E-state index contributed by atoms with van der Waals surface area (Å²) in [5, 5.41) is 11.0. The number of carbonyl (C=O) groups is 1. The molecule has 1 unspecified atom stereocenters. The summed E-state index contributed by atoms with van der Waals surface area (Å²) in [5.41, 5.74) is 1.79. The highest BCUT2D eigenvalue weighted by atomic mass is 32.2. The summed E-state index contributed by atoms with van der Waals surface area (Å²) in [6, 6.07) is 1.21. The van der Waals surface area contributed by atoms with E-state index in [0.717, 1.165) is 11.1 Å². The molecular formula is C15H20N4O3S2. The van der Waals surface area contributed by atoms with Gasteiger partial charge in [-0.2, -0.15) is 16.4 Å². The van der Waals surface area contributed by atoms with Crippen LogP contribution >= 0.6 is 11.3 Å². The van der Waals surface area contributed by atoms with Crippen molar-refractivity contribution in [2.75, 3.05) is 18.1 Å². The molecule has 2 amide bonds. The van der Waals surface area contributed by atoms with Crippen molar-refractivity contribution >= 4 is 27.2 Å². The van der Waals surface area contributed by atoms with Gasteiger partial charge in [-0.15, -0.1) is 0 Å². The van der Waals surface area contributed by atoms with Crippen molar-refractivity contribution in [3.63, 3.8) is 0 Å². The summed E-state index contributed by atoms with van der Waals surface area (Å²) in [7, 11) is -3.16. The third kappa shape index (κ3) is 3.78. The van der Waals surface area contributed by atoms with Crippen LogP contribution in [-0.4, -0.2) is 47.2 Å². The van der Waals surface area contributed by atoms with E-state index in [2.05, 4.69) is 10.4 Å². The number of hydrogen-bond donors (Lipinski definition) is 1. The lowest BCUT2D eigenvalue weighted by Crippen LogP contribution is -2.49. The molecule has 0 bridgehead atoms. The monoisotopic (exact) mass is 368 g/mol. The number of carbonyl (C=O) groups excluding carboxylic acids is 1. The molecule has 0 radical (unpaired) electrons. The minimum atomic E-state index is -3.16. The minimum Gasteiger partial charge on any atom is -0.334 e. The molecule has 2 aromatic heterocycles. The van der Waals surface area contributed by atoms with E-state index in [1.807, 2.05) is 29.9 Å². The van der Waals surface area contributed by atoms with Gasteiger partial charge < -0.3 is 10.2 Å². The van der Waals surface area contributed by atoms with Crippen molar-refractivity contribution in [1.29, 1.82) is 0 Å². The van der Waals surface area contributed by atoms with Crippen LogP contribution < -0.4 is 5.32 Å². The van der Waals surface area contributed by atoms with Crippen molar-refractivity contribution in [1.82, 2.24) is 20.0 Å². The van der Waals surface area contributed by atoms with Crippen LogP contribution in [0.5, 0.6) is 0 Å². The van der Waals surface area contributed by atoms with Gasteiger partial charge >= 0.3 is 6.03 Å². The number of nitrogens with zero attached hydrogens (tertiary/aromatic N) is 3. The number of hydrogen-bond acceptors (Lipinski definition) is 5. The van der Waals surface area contributed by atoms with E-state index in [0.29, 0.717) is 13.1 Å². The number of urea groups is 1. The van der Waals surface area contributed by atoms with Gasteiger partial charge in [-0.1, -0.05) is 0 Å². The average molecular weight is 368 g/mol. The molecule has 1 atom stereocenters. The zero-order chi connectivity index (χ0) is 17.2. The van der Waals surface area contributed by atoms with E-state index < -0.39 is 15.9 Å². The lowest BCUT2D eigenvalue weighted by molar-refractivity contribution is 0.180. The van der Waals surface area contributed by atoms with E-state index in [-0.39, 0.29) is 24.1 Å². The maximum absolute atomic E-state index is 12.6. The largest absolute Gasteiger partial charge is 0.334 e. The highest BCUT2D eigenvalue weighted by Gasteiger charge is 2.35. The van der Waals surface area contributed by atoms with Crippen LogP contribution in [0.3, 0.4) is 0 Å². The molecule has 9 heteroatoms. The Morgan fingerprint density at radius 2 is 2.33 bits per heavy atom. The van der Waals surface area contributed by atoms with E-state index >= 15 is 0 Å². The number of aromatic nitrogens is 2. The van der Waals surface area contributed by atoms with Gasteiger partial charge in [0.25, 0.3) is 0 Å². The molecule has 1 aliphatic rings. The Morgan fingerprint density at radius 1 is 1.50 bits per heavy atom. The second-order valence-corrected chi connectivity index (χ2v) is 8.75. The molecule has 0 saturated carbocycles. The number of aryl methyl sites for hydroxylation is 1. The van der Waals surface area contributed by atoms with Gasteiger partial charge in [0.05, 0.1) is 23.7 Å². The van der Waals surface area contributed by atoms with Gasteiger partial charge in [-0.05, 0) is 29.3 Å². The zero-order valence-electron chi connectivity index (χ0n) is 13.4. The maximum atomic E-state index is 12.6. The van der Waals surface area contributed by atoms with Gasteiger partial charge in [-0.25, -0.2) is 13.2 Å². The molecule has 1 aliphatic heterocycles. The topological polar surface area (TPSA) is 84.3 Å².